The van der Waals surface area contributed by atoms with E-state index < -0.39 is 23.5 Å². The first kappa shape index (κ1) is 21.9. The van der Waals surface area contributed by atoms with Crippen LogP contribution in [0.15, 0.2) is 45.7 Å². The van der Waals surface area contributed by atoms with Crippen LogP contribution in [0.4, 0.5) is 17.6 Å². The third-order valence-electron chi connectivity index (χ3n) is 4.45. The van der Waals surface area contributed by atoms with Crippen LogP contribution in [0.25, 0.3) is 11.5 Å². The number of rotatable bonds is 6. The van der Waals surface area contributed by atoms with Crippen molar-refractivity contribution < 1.29 is 31.9 Å². The predicted octanol–water partition coefficient (Wildman–Crippen LogP) is 6.04. The minimum Gasteiger partial charge on any atom is -0.481 e. The fourth-order valence-corrected chi connectivity index (χ4v) is 3.76. The van der Waals surface area contributed by atoms with E-state index in [1.807, 2.05) is 19.1 Å². The van der Waals surface area contributed by atoms with Crippen molar-refractivity contribution in [2.24, 2.45) is 0 Å². The highest BCUT2D eigenvalue weighted by Gasteiger charge is 2.34. The number of aryl methyl sites for hydroxylation is 2. The molecule has 0 radical (unpaired) electrons. The second-order valence-electron chi connectivity index (χ2n) is 6.67. The SMILES string of the molecule is Cc1ccc(SCc2oc(-c3ccc(C(F)(F)F)c(F)c3)nc2C)cc1CC(=O)O. The Labute approximate surface area is 173 Å². The first-order valence-corrected chi connectivity index (χ1v) is 9.80. The Kier molecular flexibility index (Phi) is 6.21. The van der Waals surface area contributed by atoms with Crippen LogP contribution in [0.5, 0.6) is 0 Å². The number of carboxylic acid groups (broad SMARTS) is 1. The van der Waals surface area contributed by atoms with Crippen molar-refractivity contribution in [3.05, 3.63) is 70.4 Å². The number of carbonyl (C=O) groups is 1. The van der Waals surface area contributed by atoms with E-state index in [1.54, 1.807) is 13.0 Å². The number of halogens is 4. The van der Waals surface area contributed by atoms with Gasteiger partial charge in [-0.25, -0.2) is 9.37 Å². The van der Waals surface area contributed by atoms with Gasteiger partial charge in [0.15, 0.2) is 0 Å². The van der Waals surface area contributed by atoms with E-state index in [0.717, 1.165) is 22.6 Å². The van der Waals surface area contributed by atoms with E-state index in [0.29, 0.717) is 28.8 Å². The number of oxazole rings is 1. The molecule has 0 fully saturated rings. The summed E-state index contributed by atoms with van der Waals surface area (Å²) in [6.45, 7) is 3.52. The van der Waals surface area contributed by atoms with Crippen LogP contribution in [0.1, 0.15) is 28.1 Å². The molecule has 0 saturated heterocycles. The van der Waals surface area contributed by atoms with Crippen LogP contribution in [-0.4, -0.2) is 16.1 Å². The van der Waals surface area contributed by atoms with Gasteiger partial charge in [-0.2, -0.15) is 13.2 Å². The van der Waals surface area contributed by atoms with E-state index in [2.05, 4.69) is 4.98 Å². The molecule has 0 spiro atoms. The molecule has 1 N–H and O–H groups in total. The molecule has 3 rings (SSSR count). The van der Waals surface area contributed by atoms with Crippen molar-refractivity contribution in [1.82, 2.24) is 4.98 Å². The van der Waals surface area contributed by atoms with Crippen LogP contribution >= 0.6 is 11.8 Å². The smallest absolute Gasteiger partial charge is 0.419 e. The Hall–Kier alpha value is -2.81. The Balaban J connectivity index is 1.78. The van der Waals surface area contributed by atoms with Gasteiger partial charge in [0, 0.05) is 10.5 Å². The molecule has 1 aromatic heterocycles. The van der Waals surface area contributed by atoms with Crippen molar-refractivity contribution in [3.63, 3.8) is 0 Å². The number of aromatic nitrogens is 1. The lowest BCUT2D eigenvalue weighted by molar-refractivity contribution is -0.140. The molecular formula is C21H17F4NO3S. The quantitative estimate of drug-likeness (QED) is 0.375. The zero-order valence-corrected chi connectivity index (χ0v) is 16.8. The lowest BCUT2D eigenvalue weighted by atomic mass is 10.1. The van der Waals surface area contributed by atoms with Gasteiger partial charge in [0.1, 0.15) is 11.6 Å². The van der Waals surface area contributed by atoms with E-state index in [-0.39, 0.29) is 17.9 Å². The number of benzene rings is 2. The number of hydrogen-bond acceptors (Lipinski definition) is 4. The van der Waals surface area contributed by atoms with Crippen LogP contribution in [-0.2, 0) is 23.1 Å². The van der Waals surface area contributed by atoms with Crippen LogP contribution in [0, 0.1) is 19.7 Å². The second kappa shape index (κ2) is 8.51. The van der Waals surface area contributed by atoms with Crippen LogP contribution < -0.4 is 0 Å². The summed E-state index contributed by atoms with van der Waals surface area (Å²) in [5, 5.41) is 9.00. The van der Waals surface area contributed by atoms with Gasteiger partial charge < -0.3 is 9.52 Å². The molecule has 0 aliphatic heterocycles. The summed E-state index contributed by atoms with van der Waals surface area (Å²) in [5.74, 6) is -1.41. The topological polar surface area (TPSA) is 63.3 Å². The van der Waals surface area contributed by atoms with Gasteiger partial charge in [-0.05, 0) is 55.3 Å². The van der Waals surface area contributed by atoms with E-state index in [1.165, 1.54) is 11.8 Å². The Bertz CT molecular complexity index is 1090. The zero-order valence-electron chi connectivity index (χ0n) is 16.0. The molecule has 0 unspecified atom stereocenters. The lowest BCUT2D eigenvalue weighted by Gasteiger charge is -2.08. The van der Waals surface area contributed by atoms with E-state index in [9.17, 15) is 22.4 Å². The van der Waals surface area contributed by atoms with Crippen molar-refractivity contribution in [2.75, 3.05) is 0 Å². The van der Waals surface area contributed by atoms with Gasteiger partial charge in [0.05, 0.1) is 23.4 Å². The molecule has 1 heterocycles. The highest BCUT2D eigenvalue weighted by atomic mass is 32.2. The van der Waals surface area contributed by atoms with E-state index >= 15 is 0 Å². The molecular weight excluding hydrogens is 422 g/mol. The molecule has 0 aliphatic carbocycles. The Morgan fingerprint density at radius 2 is 1.90 bits per heavy atom. The van der Waals surface area contributed by atoms with Gasteiger partial charge >= 0.3 is 12.1 Å². The number of nitrogens with zero attached hydrogens (tertiary/aromatic N) is 1. The van der Waals surface area contributed by atoms with Gasteiger partial charge in [0.25, 0.3) is 0 Å². The predicted molar refractivity (Wildman–Crippen MR) is 104 cm³/mol. The third-order valence-corrected chi connectivity index (χ3v) is 5.44. The lowest BCUT2D eigenvalue weighted by Crippen LogP contribution is -2.07. The first-order chi connectivity index (χ1) is 14.0. The maximum Gasteiger partial charge on any atom is 0.419 e. The molecule has 0 bridgehead atoms. The first-order valence-electron chi connectivity index (χ1n) is 8.82. The maximum absolute atomic E-state index is 13.8. The van der Waals surface area contributed by atoms with Crippen molar-refractivity contribution >= 4 is 17.7 Å². The maximum atomic E-state index is 13.8. The minimum atomic E-state index is -4.77. The number of hydrogen-bond donors (Lipinski definition) is 1. The van der Waals surface area contributed by atoms with Gasteiger partial charge in [-0.15, -0.1) is 11.8 Å². The largest absolute Gasteiger partial charge is 0.481 e. The van der Waals surface area contributed by atoms with Gasteiger partial charge in [-0.1, -0.05) is 6.07 Å². The number of aliphatic carboxylic acids is 1. The monoisotopic (exact) mass is 439 g/mol. The summed E-state index contributed by atoms with van der Waals surface area (Å²) in [6.07, 6.45) is -4.85. The molecule has 2 aromatic carbocycles. The van der Waals surface area contributed by atoms with Crippen LogP contribution in [0.2, 0.25) is 0 Å². The van der Waals surface area contributed by atoms with E-state index in [4.69, 9.17) is 9.52 Å². The molecule has 0 saturated carbocycles. The average Bonchev–Trinajstić information content (AvgIpc) is 3.01. The third kappa shape index (κ3) is 5.02. The standard InChI is InChI=1S/C21H17F4NO3S/c1-11-3-5-15(7-14(11)9-19(27)28)30-10-18-12(2)26-20(29-18)13-4-6-16(17(22)8-13)21(23,24)25/h3-8H,9-10H2,1-2H3,(H,27,28). The molecule has 30 heavy (non-hydrogen) atoms. The molecule has 9 heteroatoms. The zero-order chi connectivity index (χ0) is 22.1. The average molecular weight is 439 g/mol. The van der Waals surface area contributed by atoms with Crippen molar-refractivity contribution in [1.29, 1.82) is 0 Å². The Morgan fingerprint density at radius 3 is 2.53 bits per heavy atom. The Morgan fingerprint density at radius 1 is 1.17 bits per heavy atom. The van der Waals surface area contributed by atoms with Crippen molar-refractivity contribution in [3.8, 4) is 11.5 Å². The highest BCUT2D eigenvalue weighted by Crippen LogP contribution is 2.34. The van der Waals surface area contributed by atoms with Gasteiger partial charge in [-0.3, -0.25) is 4.79 Å². The summed E-state index contributed by atoms with van der Waals surface area (Å²) in [4.78, 5) is 16.0. The summed E-state index contributed by atoms with van der Waals surface area (Å²) in [6, 6.07) is 8.03. The highest BCUT2D eigenvalue weighted by molar-refractivity contribution is 7.98. The number of carboxylic acids is 1. The molecule has 3 aromatic rings. The second-order valence-corrected chi connectivity index (χ2v) is 7.72. The summed E-state index contributed by atoms with van der Waals surface area (Å²) in [7, 11) is 0. The molecule has 0 amide bonds. The summed E-state index contributed by atoms with van der Waals surface area (Å²) >= 11 is 1.41. The summed E-state index contributed by atoms with van der Waals surface area (Å²) in [5.41, 5.74) is 0.892. The summed E-state index contributed by atoms with van der Waals surface area (Å²) < 4.78 is 57.6. The number of alkyl halides is 3. The minimum absolute atomic E-state index is 0.0335. The fourth-order valence-electron chi connectivity index (χ4n) is 2.80. The van der Waals surface area contributed by atoms with Crippen LogP contribution in [0.3, 0.4) is 0 Å². The number of thioether (sulfide) groups is 1. The van der Waals surface area contributed by atoms with Crippen molar-refractivity contribution in [2.45, 2.75) is 37.1 Å². The fraction of sp³-hybridized carbons (Fsp3) is 0.238. The molecule has 0 aliphatic rings. The molecule has 0 atom stereocenters. The molecule has 4 nitrogen and oxygen atoms in total. The molecule has 158 valence electrons. The van der Waals surface area contributed by atoms with Gasteiger partial charge in [0.2, 0.25) is 5.89 Å². The normalized spacial score (nSPS) is 11.7.